The third-order valence-electron chi connectivity index (χ3n) is 2.16. The van der Waals surface area contributed by atoms with Crippen molar-refractivity contribution in [2.75, 3.05) is 6.54 Å². The van der Waals surface area contributed by atoms with Crippen molar-refractivity contribution in [3.63, 3.8) is 0 Å². The molecule has 0 saturated carbocycles. The van der Waals surface area contributed by atoms with Gasteiger partial charge in [-0.25, -0.2) is 0 Å². The second-order valence-electron chi connectivity index (χ2n) is 3.31. The van der Waals surface area contributed by atoms with Gasteiger partial charge in [-0.15, -0.1) is 11.3 Å². The van der Waals surface area contributed by atoms with Crippen LogP contribution in [0.4, 0.5) is 0 Å². The highest BCUT2D eigenvalue weighted by Crippen LogP contribution is 2.29. The van der Waals surface area contributed by atoms with Gasteiger partial charge in [-0.05, 0) is 42.8 Å². The number of hydrogen-bond donors (Lipinski definition) is 1. The van der Waals surface area contributed by atoms with Crippen molar-refractivity contribution in [2.24, 2.45) is 5.73 Å². The van der Waals surface area contributed by atoms with E-state index in [1.54, 1.807) is 0 Å². The van der Waals surface area contributed by atoms with Crippen LogP contribution < -0.4 is 5.73 Å². The van der Waals surface area contributed by atoms with Crippen LogP contribution in [-0.4, -0.2) is 6.54 Å². The fraction of sp³-hybridized carbons (Fsp3) is 0.167. The minimum absolute atomic E-state index is 0.721. The molecule has 0 bridgehead atoms. The van der Waals surface area contributed by atoms with E-state index in [1.165, 1.54) is 15.3 Å². The van der Waals surface area contributed by atoms with Crippen LogP contribution >= 0.6 is 27.3 Å². The van der Waals surface area contributed by atoms with Gasteiger partial charge in [-0.3, -0.25) is 0 Å². The highest BCUT2D eigenvalue weighted by atomic mass is 79.9. The van der Waals surface area contributed by atoms with Crippen LogP contribution in [0.5, 0.6) is 0 Å². The molecule has 1 aromatic heterocycles. The molecule has 15 heavy (non-hydrogen) atoms. The summed E-state index contributed by atoms with van der Waals surface area (Å²) in [6.45, 7) is 0.721. The molecule has 78 valence electrons. The number of thiophene rings is 1. The summed E-state index contributed by atoms with van der Waals surface area (Å²) in [5.74, 6) is 0. The molecule has 0 aliphatic rings. The lowest BCUT2D eigenvalue weighted by Crippen LogP contribution is -2.00. The van der Waals surface area contributed by atoms with Crippen LogP contribution in [0.3, 0.4) is 0 Å². The van der Waals surface area contributed by atoms with Crippen LogP contribution in [0, 0.1) is 0 Å². The highest BCUT2D eigenvalue weighted by molar-refractivity contribution is 9.10. The van der Waals surface area contributed by atoms with E-state index in [0.29, 0.717) is 0 Å². The molecule has 2 aromatic rings. The Balaban J connectivity index is 2.29. The third kappa shape index (κ3) is 2.68. The first kappa shape index (κ1) is 10.9. The van der Waals surface area contributed by atoms with Gasteiger partial charge in [0.25, 0.3) is 0 Å². The molecule has 0 aliphatic carbocycles. The standard InChI is InChI=1S/C12H12BrNS/c13-10-3-1-2-9(8-10)12-5-4-11(15-12)6-7-14/h1-5,8H,6-7,14H2. The lowest BCUT2D eigenvalue weighted by Gasteiger charge is -1.97. The van der Waals surface area contributed by atoms with Crippen LogP contribution in [0.1, 0.15) is 4.88 Å². The monoisotopic (exact) mass is 281 g/mol. The number of nitrogens with two attached hydrogens (primary N) is 1. The largest absolute Gasteiger partial charge is 0.330 e. The van der Waals surface area contributed by atoms with Crippen molar-refractivity contribution in [1.29, 1.82) is 0 Å². The third-order valence-corrected chi connectivity index (χ3v) is 3.85. The van der Waals surface area contributed by atoms with E-state index >= 15 is 0 Å². The summed E-state index contributed by atoms with van der Waals surface area (Å²) in [6.07, 6.45) is 0.971. The molecule has 0 aliphatic heterocycles. The second-order valence-corrected chi connectivity index (χ2v) is 5.40. The molecule has 0 atom stereocenters. The summed E-state index contributed by atoms with van der Waals surface area (Å²) >= 11 is 5.30. The maximum absolute atomic E-state index is 5.53. The van der Waals surface area contributed by atoms with E-state index < -0.39 is 0 Å². The molecule has 1 aromatic carbocycles. The van der Waals surface area contributed by atoms with Crippen LogP contribution in [-0.2, 0) is 6.42 Å². The summed E-state index contributed by atoms with van der Waals surface area (Å²) in [5, 5.41) is 0. The van der Waals surface area contributed by atoms with Crippen molar-refractivity contribution >= 4 is 27.3 Å². The van der Waals surface area contributed by atoms with Crippen molar-refractivity contribution in [3.8, 4) is 10.4 Å². The smallest absolute Gasteiger partial charge is 0.0346 e. The Labute approximate surface area is 102 Å². The van der Waals surface area contributed by atoms with E-state index in [2.05, 4.69) is 46.3 Å². The van der Waals surface area contributed by atoms with E-state index in [9.17, 15) is 0 Å². The molecule has 2 N–H and O–H groups in total. The van der Waals surface area contributed by atoms with E-state index in [4.69, 9.17) is 5.73 Å². The van der Waals surface area contributed by atoms with Gasteiger partial charge in [0.1, 0.15) is 0 Å². The molecule has 1 nitrogen and oxygen atoms in total. The van der Waals surface area contributed by atoms with E-state index in [1.807, 2.05) is 17.4 Å². The lowest BCUT2D eigenvalue weighted by atomic mass is 10.2. The first-order chi connectivity index (χ1) is 7.29. The zero-order chi connectivity index (χ0) is 10.7. The summed E-state index contributed by atoms with van der Waals surface area (Å²) < 4.78 is 1.12. The highest BCUT2D eigenvalue weighted by Gasteiger charge is 2.02. The molecule has 1 heterocycles. The topological polar surface area (TPSA) is 26.0 Å². The molecular formula is C12H12BrNS. The van der Waals surface area contributed by atoms with E-state index in [0.717, 1.165) is 17.4 Å². The van der Waals surface area contributed by atoms with Gasteiger partial charge >= 0.3 is 0 Å². The molecule has 0 amide bonds. The Bertz CT molecular complexity index is 450. The predicted molar refractivity (Wildman–Crippen MR) is 70.2 cm³/mol. The van der Waals surface area contributed by atoms with Gasteiger partial charge in [0, 0.05) is 14.2 Å². The quantitative estimate of drug-likeness (QED) is 0.913. The summed E-state index contributed by atoms with van der Waals surface area (Å²) in [5.41, 5.74) is 6.79. The van der Waals surface area contributed by atoms with Crippen LogP contribution in [0.2, 0.25) is 0 Å². The Morgan fingerprint density at radius 2 is 2.07 bits per heavy atom. The van der Waals surface area contributed by atoms with Crippen molar-refractivity contribution in [2.45, 2.75) is 6.42 Å². The predicted octanol–water partition coefficient (Wildman–Crippen LogP) is 3.68. The molecule has 2 rings (SSSR count). The van der Waals surface area contributed by atoms with Crippen molar-refractivity contribution < 1.29 is 0 Å². The van der Waals surface area contributed by atoms with Crippen molar-refractivity contribution in [3.05, 3.63) is 45.7 Å². The van der Waals surface area contributed by atoms with Gasteiger partial charge in [0.05, 0.1) is 0 Å². The Kier molecular flexibility index (Phi) is 3.57. The normalized spacial score (nSPS) is 10.5. The van der Waals surface area contributed by atoms with Crippen LogP contribution in [0.15, 0.2) is 40.9 Å². The zero-order valence-corrected chi connectivity index (χ0v) is 10.6. The summed E-state index contributed by atoms with van der Waals surface area (Å²) in [7, 11) is 0. The fourth-order valence-electron chi connectivity index (χ4n) is 1.45. The van der Waals surface area contributed by atoms with E-state index in [-0.39, 0.29) is 0 Å². The fourth-order valence-corrected chi connectivity index (χ4v) is 2.87. The first-order valence-corrected chi connectivity index (χ1v) is 6.45. The number of rotatable bonds is 3. The average Bonchev–Trinajstić information content (AvgIpc) is 2.67. The lowest BCUT2D eigenvalue weighted by molar-refractivity contribution is 0.989. The minimum atomic E-state index is 0.721. The molecule has 0 unspecified atom stereocenters. The van der Waals surface area contributed by atoms with Crippen molar-refractivity contribution in [1.82, 2.24) is 0 Å². The Morgan fingerprint density at radius 3 is 2.80 bits per heavy atom. The van der Waals surface area contributed by atoms with Gasteiger partial charge in [0.15, 0.2) is 0 Å². The molecule has 0 fully saturated rings. The molecule has 3 heteroatoms. The Morgan fingerprint density at radius 1 is 1.20 bits per heavy atom. The van der Waals surface area contributed by atoms with Gasteiger partial charge in [0.2, 0.25) is 0 Å². The minimum Gasteiger partial charge on any atom is -0.330 e. The maximum atomic E-state index is 5.53. The number of hydrogen-bond acceptors (Lipinski definition) is 2. The average molecular weight is 282 g/mol. The molecule has 0 radical (unpaired) electrons. The summed E-state index contributed by atoms with van der Waals surface area (Å²) in [6, 6.07) is 12.7. The molecule has 0 saturated heterocycles. The van der Waals surface area contributed by atoms with Gasteiger partial charge in [-0.2, -0.15) is 0 Å². The second kappa shape index (κ2) is 4.92. The Hall–Kier alpha value is -0.640. The first-order valence-electron chi connectivity index (χ1n) is 4.84. The zero-order valence-electron chi connectivity index (χ0n) is 8.24. The molecular weight excluding hydrogens is 270 g/mol. The van der Waals surface area contributed by atoms with Gasteiger partial charge in [-0.1, -0.05) is 28.1 Å². The summed E-state index contributed by atoms with van der Waals surface area (Å²) in [4.78, 5) is 2.66. The SMILES string of the molecule is NCCc1ccc(-c2cccc(Br)c2)s1. The maximum Gasteiger partial charge on any atom is 0.0346 e. The van der Waals surface area contributed by atoms with Crippen LogP contribution in [0.25, 0.3) is 10.4 Å². The number of halogens is 1. The number of benzene rings is 1. The van der Waals surface area contributed by atoms with Gasteiger partial charge < -0.3 is 5.73 Å². The molecule has 0 spiro atoms.